The molecule has 2 N–H and O–H groups in total. The van der Waals surface area contributed by atoms with E-state index in [1.165, 1.54) is 24.1 Å². The van der Waals surface area contributed by atoms with Crippen LogP contribution in [0.2, 0.25) is 0 Å². The summed E-state index contributed by atoms with van der Waals surface area (Å²) in [7, 11) is 1.48. The Morgan fingerprint density at radius 2 is 1.97 bits per heavy atom. The van der Waals surface area contributed by atoms with E-state index in [1.54, 1.807) is 18.2 Å². The van der Waals surface area contributed by atoms with E-state index in [0.717, 1.165) is 35.3 Å². The van der Waals surface area contributed by atoms with Gasteiger partial charge in [-0.3, -0.25) is 4.90 Å². The summed E-state index contributed by atoms with van der Waals surface area (Å²) in [4.78, 5) is 5.98. The number of aromatic amines is 1. The van der Waals surface area contributed by atoms with Crippen LogP contribution in [0.5, 0.6) is 11.5 Å². The number of phenolic OH excluding ortho intramolecular Hbond substituents is 1. The third-order valence-electron chi connectivity index (χ3n) is 5.92. The standard InChI is InChI=1S/C25H23FN2O2/c1-30-23-13-16(9-10-21(23)26)15-28-12-11-20-19-7-2-3-8-22(19)27-24(20)25(28)17-5-4-6-18(29)14-17/h2-10,13-14,25,27,29H,11-12,15H2,1H3. The van der Waals surface area contributed by atoms with Gasteiger partial charge in [-0.25, -0.2) is 4.39 Å². The number of para-hydroxylation sites is 1. The van der Waals surface area contributed by atoms with Crippen molar-refractivity contribution in [2.45, 2.75) is 19.0 Å². The lowest BCUT2D eigenvalue weighted by Gasteiger charge is -2.36. The van der Waals surface area contributed by atoms with Gasteiger partial charge >= 0.3 is 0 Å². The lowest BCUT2D eigenvalue weighted by Crippen LogP contribution is -2.35. The summed E-state index contributed by atoms with van der Waals surface area (Å²) >= 11 is 0. The van der Waals surface area contributed by atoms with E-state index in [9.17, 15) is 9.50 Å². The first-order valence-corrected chi connectivity index (χ1v) is 10.1. The summed E-state index contributed by atoms with van der Waals surface area (Å²) in [5, 5.41) is 11.4. The Morgan fingerprint density at radius 1 is 1.10 bits per heavy atom. The molecule has 1 aliphatic rings. The van der Waals surface area contributed by atoms with Crippen molar-refractivity contribution in [3.05, 3.63) is 94.9 Å². The van der Waals surface area contributed by atoms with Crippen LogP contribution in [0, 0.1) is 5.82 Å². The Kier molecular flexibility index (Phi) is 4.68. The predicted molar refractivity (Wildman–Crippen MR) is 115 cm³/mol. The van der Waals surface area contributed by atoms with Gasteiger partial charge in [0, 0.05) is 29.7 Å². The van der Waals surface area contributed by atoms with Crippen molar-refractivity contribution in [3.8, 4) is 11.5 Å². The minimum Gasteiger partial charge on any atom is -0.508 e. The van der Waals surface area contributed by atoms with Crippen molar-refractivity contribution < 1.29 is 14.2 Å². The Labute approximate surface area is 174 Å². The molecule has 152 valence electrons. The first-order chi connectivity index (χ1) is 14.6. The molecule has 0 amide bonds. The van der Waals surface area contributed by atoms with E-state index in [4.69, 9.17) is 4.74 Å². The van der Waals surface area contributed by atoms with Crippen LogP contribution in [-0.4, -0.2) is 28.6 Å². The molecule has 1 aromatic heterocycles. The average molecular weight is 402 g/mol. The van der Waals surface area contributed by atoms with Gasteiger partial charge in [-0.2, -0.15) is 0 Å². The number of rotatable bonds is 4. The Morgan fingerprint density at radius 3 is 2.80 bits per heavy atom. The molecule has 3 aromatic carbocycles. The molecule has 0 bridgehead atoms. The number of nitrogens with one attached hydrogen (secondary N) is 1. The lowest BCUT2D eigenvalue weighted by molar-refractivity contribution is 0.201. The van der Waals surface area contributed by atoms with Crippen LogP contribution in [0.25, 0.3) is 10.9 Å². The molecule has 1 aliphatic heterocycles. The fourth-order valence-corrected chi connectivity index (χ4v) is 4.57. The highest BCUT2D eigenvalue weighted by Gasteiger charge is 2.32. The van der Waals surface area contributed by atoms with Crippen LogP contribution in [-0.2, 0) is 13.0 Å². The molecule has 0 fully saturated rings. The molecule has 1 unspecified atom stereocenters. The number of nitrogens with zero attached hydrogens (tertiary/aromatic N) is 1. The van der Waals surface area contributed by atoms with Gasteiger partial charge in [0.1, 0.15) is 5.75 Å². The number of hydrogen-bond acceptors (Lipinski definition) is 3. The van der Waals surface area contributed by atoms with Crippen LogP contribution in [0.3, 0.4) is 0 Å². The second kappa shape index (κ2) is 7.50. The largest absolute Gasteiger partial charge is 0.508 e. The van der Waals surface area contributed by atoms with Crippen LogP contribution >= 0.6 is 0 Å². The van der Waals surface area contributed by atoms with Crippen LogP contribution in [0.4, 0.5) is 4.39 Å². The molecular weight excluding hydrogens is 379 g/mol. The molecule has 5 rings (SSSR count). The van der Waals surface area contributed by atoms with Gasteiger partial charge in [0.15, 0.2) is 11.6 Å². The van der Waals surface area contributed by atoms with Crippen molar-refractivity contribution in [2.24, 2.45) is 0 Å². The van der Waals surface area contributed by atoms with Gasteiger partial charge < -0.3 is 14.8 Å². The minimum atomic E-state index is -0.359. The van der Waals surface area contributed by atoms with Gasteiger partial charge in [0.25, 0.3) is 0 Å². The van der Waals surface area contributed by atoms with E-state index in [0.29, 0.717) is 6.54 Å². The second-order valence-corrected chi connectivity index (χ2v) is 7.75. The van der Waals surface area contributed by atoms with Crippen molar-refractivity contribution in [3.63, 3.8) is 0 Å². The third-order valence-corrected chi connectivity index (χ3v) is 5.92. The maximum Gasteiger partial charge on any atom is 0.165 e. The Bertz CT molecular complexity index is 1220. The number of aromatic nitrogens is 1. The maximum atomic E-state index is 13.9. The topological polar surface area (TPSA) is 48.5 Å². The van der Waals surface area contributed by atoms with Crippen molar-refractivity contribution >= 4 is 10.9 Å². The quantitative estimate of drug-likeness (QED) is 0.495. The number of benzene rings is 3. The number of ether oxygens (including phenoxy) is 1. The highest BCUT2D eigenvalue weighted by molar-refractivity contribution is 5.85. The summed E-state index contributed by atoms with van der Waals surface area (Å²) in [6, 6.07) is 20.8. The molecule has 0 saturated heterocycles. The van der Waals surface area contributed by atoms with Gasteiger partial charge in [-0.05, 0) is 53.4 Å². The third kappa shape index (κ3) is 3.21. The fraction of sp³-hybridized carbons (Fsp3) is 0.200. The van der Waals surface area contributed by atoms with Crippen LogP contribution < -0.4 is 4.74 Å². The first kappa shape index (κ1) is 18.7. The summed E-state index contributed by atoms with van der Waals surface area (Å²) in [5.41, 5.74) is 5.61. The number of methoxy groups -OCH3 is 1. The van der Waals surface area contributed by atoms with Crippen LogP contribution in [0.15, 0.2) is 66.7 Å². The molecule has 0 spiro atoms. The molecule has 1 atom stereocenters. The smallest absolute Gasteiger partial charge is 0.165 e. The molecular formula is C25H23FN2O2. The summed E-state index contributed by atoms with van der Waals surface area (Å²) in [5.74, 6) is 0.145. The van der Waals surface area contributed by atoms with E-state index < -0.39 is 0 Å². The van der Waals surface area contributed by atoms with Crippen LogP contribution in [0.1, 0.15) is 28.4 Å². The number of hydrogen-bond donors (Lipinski definition) is 2. The number of H-pyrrole nitrogens is 1. The van der Waals surface area contributed by atoms with Gasteiger partial charge in [0.2, 0.25) is 0 Å². The summed E-state index contributed by atoms with van der Waals surface area (Å²) < 4.78 is 19.0. The highest BCUT2D eigenvalue weighted by Crippen LogP contribution is 2.40. The average Bonchev–Trinajstić information content (AvgIpc) is 3.13. The number of aromatic hydroxyl groups is 1. The Hall–Kier alpha value is -3.31. The predicted octanol–water partition coefficient (Wildman–Crippen LogP) is 5.17. The molecule has 5 heteroatoms. The summed E-state index contributed by atoms with van der Waals surface area (Å²) in [6.07, 6.45) is 0.924. The molecule has 0 saturated carbocycles. The van der Waals surface area contributed by atoms with Crippen molar-refractivity contribution in [1.29, 1.82) is 0 Å². The van der Waals surface area contributed by atoms with Crippen molar-refractivity contribution in [2.75, 3.05) is 13.7 Å². The van der Waals surface area contributed by atoms with E-state index in [2.05, 4.69) is 28.1 Å². The van der Waals surface area contributed by atoms with E-state index >= 15 is 0 Å². The van der Waals surface area contributed by atoms with E-state index in [1.807, 2.05) is 24.3 Å². The minimum absolute atomic E-state index is 0.0377. The Balaban J connectivity index is 1.60. The van der Waals surface area contributed by atoms with Gasteiger partial charge in [-0.1, -0.05) is 36.4 Å². The fourth-order valence-electron chi connectivity index (χ4n) is 4.57. The number of phenols is 1. The summed E-state index contributed by atoms with van der Waals surface area (Å²) in [6.45, 7) is 1.50. The molecule has 4 nitrogen and oxygen atoms in total. The molecule has 4 aromatic rings. The maximum absolute atomic E-state index is 13.9. The number of fused-ring (bicyclic) bond motifs is 3. The molecule has 0 aliphatic carbocycles. The number of halogens is 1. The zero-order valence-corrected chi connectivity index (χ0v) is 16.7. The lowest BCUT2D eigenvalue weighted by atomic mass is 9.92. The normalized spacial score (nSPS) is 16.5. The molecule has 30 heavy (non-hydrogen) atoms. The first-order valence-electron chi connectivity index (χ1n) is 10.1. The highest BCUT2D eigenvalue weighted by atomic mass is 19.1. The van der Waals surface area contributed by atoms with Gasteiger partial charge in [-0.15, -0.1) is 0 Å². The molecule has 0 radical (unpaired) electrons. The molecule has 2 heterocycles. The van der Waals surface area contributed by atoms with Gasteiger partial charge in [0.05, 0.1) is 13.2 Å². The van der Waals surface area contributed by atoms with E-state index in [-0.39, 0.29) is 23.4 Å². The zero-order valence-electron chi connectivity index (χ0n) is 16.7. The zero-order chi connectivity index (χ0) is 20.7. The van der Waals surface area contributed by atoms with Crippen molar-refractivity contribution in [1.82, 2.24) is 9.88 Å². The monoisotopic (exact) mass is 402 g/mol. The second-order valence-electron chi connectivity index (χ2n) is 7.75. The SMILES string of the molecule is COc1cc(CN2CCc3c([nH]c4ccccc34)C2c2cccc(O)c2)ccc1F.